The van der Waals surface area contributed by atoms with Gasteiger partial charge in [0.15, 0.2) is 0 Å². The second-order valence-electron chi connectivity index (χ2n) is 11.4. The molecule has 0 aromatic heterocycles. The van der Waals surface area contributed by atoms with Crippen LogP contribution in [0.5, 0.6) is 0 Å². The molecule has 0 aromatic carbocycles. The Morgan fingerprint density at radius 2 is 2.21 bits per heavy atom. The molecule has 9 aliphatic rings. The summed E-state index contributed by atoms with van der Waals surface area (Å²) in [7, 11) is 0. The van der Waals surface area contributed by atoms with Gasteiger partial charge < -0.3 is 9.84 Å². The number of ketones is 1. The number of rotatable bonds is 3. The highest BCUT2D eigenvalue weighted by Gasteiger charge is 2.89. The Labute approximate surface area is 171 Å². The van der Waals surface area contributed by atoms with Crippen LogP contribution in [-0.4, -0.2) is 52.6 Å². The van der Waals surface area contributed by atoms with Crippen LogP contribution in [0, 0.1) is 46.3 Å². The first-order valence-electron chi connectivity index (χ1n) is 11.7. The van der Waals surface area contributed by atoms with Crippen LogP contribution in [0.2, 0.25) is 0 Å². The molecule has 6 unspecified atom stereocenters. The zero-order valence-corrected chi connectivity index (χ0v) is 17.3. The van der Waals surface area contributed by atoms with Gasteiger partial charge in [-0.2, -0.15) is 0 Å². The van der Waals surface area contributed by atoms with Crippen LogP contribution in [0.1, 0.15) is 46.0 Å². The van der Waals surface area contributed by atoms with Crippen molar-refractivity contribution in [2.45, 2.75) is 70.2 Å². The van der Waals surface area contributed by atoms with E-state index in [1.54, 1.807) is 0 Å². The van der Waals surface area contributed by atoms with E-state index in [0.29, 0.717) is 36.1 Å². The standard InChI is InChI=1S/C24H31NO4/c1-4-10(2)22(28)29-19-15-11(3)7-23-8-13-16-12-9-25(13)21(17(19)23)24(16,6-5-14(12)26)20(23)18(15)27/h10,12-13,15-21,27H,3-9H2,1-2H3/t10?,12-,13+,15-,16?,17?,18-,19-,20?,21?,23+,24+/m1/s1. The maximum atomic E-state index is 12.8. The van der Waals surface area contributed by atoms with E-state index in [1.165, 1.54) is 0 Å². The first kappa shape index (κ1) is 17.5. The third-order valence-corrected chi connectivity index (χ3v) is 10.9. The molecule has 156 valence electrons. The second kappa shape index (κ2) is 4.99. The van der Waals surface area contributed by atoms with Crippen LogP contribution >= 0.6 is 0 Å². The topological polar surface area (TPSA) is 66.8 Å². The Hall–Kier alpha value is -1.20. The molecule has 9 bridgehead atoms. The van der Waals surface area contributed by atoms with Gasteiger partial charge in [0.1, 0.15) is 11.9 Å². The fourth-order valence-corrected chi connectivity index (χ4v) is 10.4. The number of piperidine rings is 2. The van der Waals surface area contributed by atoms with Crippen LogP contribution in [0.25, 0.3) is 0 Å². The molecule has 6 aliphatic carbocycles. The van der Waals surface area contributed by atoms with Crippen molar-refractivity contribution < 1.29 is 19.4 Å². The van der Waals surface area contributed by atoms with Crippen molar-refractivity contribution in [1.29, 1.82) is 0 Å². The maximum Gasteiger partial charge on any atom is 0.308 e. The molecule has 0 amide bonds. The van der Waals surface area contributed by atoms with E-state index in [-0.39, 0.29) is 46.6 Å². The molecule has 0 radical (unpaired) electrons. The van der Waals surface area contributed by atoms with Gasteiger partial charge in [0.2, 0.25) is 0 Å². The van der Waals surface area contributed by atoms with Crippen molar-refractivity contribution in [2.75, 3.05) is 6.54 Å². The molecule has 0 aromatic rings. The fraction of sp³-hybridized carbons (Fsp3) is 0.833. The van der Waals surface area contributed by atoms with Gasteiger partial charge in [0.25, 0.3) is 0 Å². The first-order valence-corrected chi connectivity index (χ1v) is 11.7. The normalized spacial score (nSPS) is 60.8. The van der Waals surface area contributed by atoms with Crippen LogP contribution in [-0.2, 0) is 14.3 Å². The van der Waals surface area contributed by atoms with Gasteiger partial charge in [0, 0.05) is 42.8 Å². The molecule has 3 aliphatic heterocycles. The number of hydrogen-bond acceptors (Lipinski definition) is 5. The number of fused-ring (bicyclic) bond motifs is 1. The van der Waals surface area contributed by atoms with E-state index >= 15 is 0 Å². The molecule has 5 heteroatoms. The highest BCUT2D eigenvalue weighted by atomic mass is 16.5. The van der Waals surface area contributed by atoms with Crippen molar-refractivity contribution in [2.24, 2.45) is 46.3 Å². The van der Waals surface area contributed by atoms with Crippen molar-refractivity contribution in [3.8, 4) is 0 Å². The molecule has 29 heavy (non-hydrogen) atoms. The Balaban J connectivity index is 1.39. The van der Waals surface area contributed by atoms with E-state index in [4.69, 9.17) is 4.74 Å². The summed E-state index contributed by atoms with van der Waals surface area (Å²) in [4.78, 5) is 28.2. The lowest BCUT2D eigenvalue weighted by Gasteiger charge is -2.65. The van der Waals surface area contributed by atoms with E-state index in [0.717, 1.165) is 37.8 Å². The van der Waals surface area contributed by atoms with Crippen LogP contribution in [0.15, 0.2) is 12.2 Å². The van der Waals surface area contributed by atoms with Crippen LogP contribution in [0.3, 0.4) is 0 Å². The average molecular weight is 398 g/mol. The van der Waals surface area contributed by atoms with Crippen molar-refractivity contribution in [3.63, 3.8) is 0 Å². The molecule has 6 saturated carbocycles. The van der Waals surface area contributed by atoms with Crippen molar-refractivity contribution in [1.82, 2.24) is 4.90 Å². The van der Waals surface area contributed by atoms with E-state index in [1.807, 2.05) is 13.8 Å². The molecule has 5 nitrogen and oxygen atoms in total. The molecular weight excluding hydrogens is 366 g/mol. The number of hydrogen-bond donors (Lipinski definition) is 1. The predicted molar refractivity (Wildman–Crippen MR) is 105 cm³/mol. The van der Waals surface area contributed by atoms with E-state index in [9.17, 15) is 14.7 Å². The number of Topliss-reactive ketones (excluding diaryl/α,β-unsaturated/α-hetero) is 1. The summed E-state index contributed by atoms with van der Waals surface area (Å²) >= 11 is 0. The summed E-state index contributed by atoms with van der Waals surface area (Å²) in [5.41, 5.74) is 1.17. The lowest BCUT2D eigenvalue weighted by molar-refractivity contribution is -0.218. The number of carbonyl (C=O) groups excluding carboxylic acids is 2. The minimum absolute atomic E-state index is 0.0171. The zero-order valence-electron chi connectivity index (χ0n) is 17.3. The van der Waals surface area contributed by atoms with Gasteiger partial charge in [0.05, 0.1) is 12.0 Å². The highest BCUT2D eigenvalue weighted by Crippen LogP contribution is 2.85. The largest absolute Gasteiger partial charge is 0.461 e. The minimum atomic E-state index is -0.484. The summed E-state index contributed by atoms with van der Waals surface area (Å²) in [6.07, 6.45) is 3.67. The molecule has 3 saturated heterocycles. The van der Waals surface area contributed by atoms with Gasteiger partial charge in [-0.3, -0.25) is 14.5 Å². The fourth-order valence-electron chi connectivity index (χ4n) is 10.4. The first-order chi connectivity index (χ1) is 13.9. The third kappa shape index (κ3) is 1.56. The van der Waals surface area contributed by atoms with Gasteiger partial charge in [-0.15, -0.1) is 0 Å². The van der Waals surface area contributed by atoms with Crippen molar-refractivity contribution in [3.05, 3.63) is 12.2 Å². The maximum absolute atomic E-state index is 12.8. The quantitative estimate of drug-likeness (QED) is 0.584. The number of esters is 1. The number of ether oxygens (including phenoxy) is 1. The van der Waals surface area contributed by atoms with Gasteiger partial charge in [-0.25, -0.2) is 0 Å². The zero-order chi connectivity index (χ0) is 20.0. The Bertz CT molecular complexity index is 869. The summed E-state index contributed by atoms with van der Waals surface area (Å²) in [5.74, 6) is 1.23. The predicted octanol–water partition coefficient (Wildman–Crippen LogP) is 2.18. The number of nitrogens with zero attached hydrogens (tertiary/aromatic N) is 1. The third-order valence-electron chi connectivity index (χ3n) is 10.9. The Kier molecular flexibility index (Phi) is 3.01. The molecule has 2 spiro atoms. The average Bonchev–Trinajstić information content (AvgIpc) is 3.19. The van der Waals surface area contributed by atoms with Crippen LogP contribution < -0.4 is 0 Å². The number of aliphatic hydroxyl groups is 1. The van der Waals surface area contributed by atoms with Crippen LogP contribution in [0.4, 0.5) is 0 Å². The number of carbonyl (C=O) groups is 2. The molecule has 9 rings (SSSR count). The summed E-state index contributed by atoms with van der Waals surface area (Å²) in [6, 6.07) is 0.866. The van der Waals surface area contributed by atoms with Gasteiger partial charge in [-0.1, -0.05) is 26.0 Å². The lowest BCUT2D eigenvalue weighted by atomic mass is 9.41. The smallest absolute Gasteiger partial charge is 0.308 e. The molecule has 1 N–H and O–H groups in total. The molecule has 3 heterocycles. The number of aliphatic hydroxyl groups excluding tert-OH is 1. The van der Waals surface area contributed by atoms with E-state index in [2.05, 4.69) is 11.5 Å². The Morgan fingerprint density at radius 1 is 1.41 bits per heavy atom. The second-order valence-corrected chi connectivity index (χ2v) is 11.4. The van der Waals surface area contributed by atoms with Gasteiger partial charge in [-0.05, 0) is 48.3 Å². The molecular formula is C24H31NO4. The minimum Gasteiger partial charge on any atom is -0.461 e. The summed E-state index contributed by atoms with van der Waals surface area (Å²) in [5, 5.41) is 11.7. The Morgan fingerprint density at radius 3 is 2.97 bits per heavy atom. The lowest BCUT2D eigenvalue weighted by Crippen LogP contribution is -2.68. The summed E-state index contributed by atoms with van der Waals surface area (Å²) in [6.45, 7) is 9.22. The SMILES string of the molecule is C=C1C[C@]23C[C@H]4C5[C@@H]6CN4C4C2[C@H](OC(=O)C(C)CC)[C@H]1[C@@H](O)C3[C@]54CCC6=O. The monoisotopic (exact) mass is 397 g/mol. The molecule has 9 fully saturated rings. The van der Waals surface area contributed by atoms with Crippen molar-refractivity contribution >= 4 is 11.8 Å². The molecule has 13 atom stereocenters. The highest BCUT2D eigenvalue weighted by molar-refractivity contribution is 5.84. The summed E-state index contributed by atoms with van der Waals surface area (Å²) < 4.78 is 6.26. The van der Waals surface area contributed by atoms with Gasteiger partial charge >= 0.3 is 5.97 Å². The van der Waals surface area contributed by atoms with E-state index < -0.39 is 6.10 Å².